The van der Waals surface area contributed by atoms with Gasteiger partial charge in [-0.3, -0.25) is 14.4 Å². The normalized spacial score (nSPS) is 12.1. The van der Waals surface area contributed by atoms with E-state index in [9.17, 15) is 22.8 Å². The molecule has 10 heteroatoms. The van der Waals surface area contributed by atoms with Crippen molar-refractivity contribution in [3.05, 3.63) is 29.3 Å². The van der Waals surface area contributed by atoms with Gasteiger partial charge in [-0.1, -0.05) is 18.5 Å². The molecule has 0 aliphatic rings. The Kier molecular flexibility index (Phi) is 9.23. The highest BCUT2D eigenvalue weighted by atomic mass is 35.5. The smallest absolute Gasteiger partial charge is 0.307 e. The fourth-order valence-electron chi connectivity index (χ4n) is 1.95. The number of rotatable bonds is 10. The number of sulfone groups is 1. The zero-order valence-corrected chi connectivity index (χ0v) is 16.7. The number of esters is 1. The van der Waals surface area contributed by atoms with Crippen LogP contribution in [0.15, 0.2) is 29.2 Å². The SMILES string of the molecule is CCCNC(=O)[C@@H](C)NC(=O)COC(=O)CCS(=O)(=O)c1ccc(Cl)cc1. The van der Waals surface area contributed by atoms with Crippen molar-refractivity contribution in [1.82, 2.24) is 10.6 Å². The van der Waals surface area contributed by atoms with E-state index in [1.165, 1.54) is 31.2 Å². The van der Waals surface area contributed by atoms with E-state index in [1.54, 1.807) is 0 Å². The Morgan fingerprint density at radius 1 is 1.19 bits per heavy atom. The molecule has 1 aromatic rings. The Morgan fingerprint density at radius 3 is 2.41 bits per heavy atom. The van der Waals surface area contributed by atoms with Crippen LogP contribution in [0.4, 0.5) is 0 Å². The summed E-state index contributed by atoms with van der Waals surface area (Å²) in [6.07, 6.45) is 0.369. The molecule has 1 rings (SSSR count). The maximum Gasteiger partial charge on any atom is 0.307 e. The Hall–Kier alpha value is -2.13. The third kappa shape index (κ3) is 8.40. The number of nitrogens with one attached hydrogen (secondary N) is 2. The lowest BCUT2D eigenvalue weighted by atomic mass is 10.3. The molecule has 0 aliphatic carbocycles. The summed E-state index contributed by atoms with van der Waals surface area (Å²) in [5.74, 6) is -2.27. The lowest BCUT2D eigenvalue weighted by molar-refractivity contribution is -0.148. The van der Waals surface area contributed by atoms with Gasteiger partial charge < -0.3 is 15.4 Å². The Labute approximate surface area is 163 Å². The second-order valence-corrected chi connectivity index (χ2v) is 8.31. The zero-order valence-electron chi connectivity index (χ0n) is 15.2. The molecule has 8 nitrogen and oxygen atoms in total. The van der Waals surface area contributed by atoms with Crippen molar-refractivity contribution >= 4 is 39.2 Å². The first kappa shape index (κ1) is 22.9. The highest BCUT2D eigenvalue weighted by molar-refractivity contribution is 7.91. The molecule has 0 unspecified atom stereocenters. The third-order valence-corrected chi connectivity index (χ3v) is 5.42. The molecule has 0 spiro atoms. The molecule has 0 radical (unpaired) electrons. The van der Waals surface area contributed by atoms with Crippen molar-refractivity contribution in [1.29, 1.82) is 0 Å². The molecule has 150 valence electrons. The van der Waals surface area contributed by atoms with Crippen LogP contribution in [0.1, 0.15) is 26.7 Å². The molecule has 0 fully saturated rings. The van der Waals surface area contributed by atoms with E-state index in [0.717, 1.165) is 6.42 Å². The highest BCUT2D eigenvalue weighted by Crippen LogP contribution is 2.16. The third-order valence-electron chi connectivity index (χ3n) is 3.43. The van der Waals surface area contributed by atoms with Crippen LogP contribution in [0.5, 0.6) is 0 Å². The van der Waals surface area contributed by atoms with Crippen LogP contribution in [0.2, 0.25) is 5.02 Å². The number of ether oxygens (including phenoxy) is 1. The Bertz CT molecular complexity index is 764. The number of benzene rings is 1. The molecule has 27 heavy (non-hydrogen) atoms. The predicted octanol–water partition coefficient (Wildman–Crippen LogP) is 1.08. The van der Waals surface area contributed by atoms with Crippen molar-refractivity contribution in [2.45, 2.75) is 37.6 Å². The van der Waals surface area contributed by atoms with Crippen LogP contribution in [0.25, 0.3) is 0 Å². The highest BCUT2D eigenvalue weighted by Gasteiger charge is 2.19. The molecule has 0 aliphatic heterocycles. The minimum atomic E-state index is -3.66. The second kappa shape index (κ2) is 10.9. The van der Waals surface area contributed by atoms with Gasteiger partial charge in [-0.2, -0.15) is 0 Å². The molecule has 0 aromatic heterocycles. The van der Waals surface area contributed by atoms with Crippen LogP contribution >= 0.6 is 11.6 Å². The predicted molar refractivity (Wildman–Crippen MR) is 100.0 cm³/mol. The molecular formula is C17H23ClN2O6S. The first-order valence-corrected chi connectivity index (χ1v) is 10.4. The molecule has 0 bridgehead atoms. The van der Waals surface area contributed by atoms with Gasteiger partial charge in [0.05, 0.1) is 17.1 Å². The van der Waals surface area contributed by atoms with E-state index >= 15 is 0 Å². The first-order chi connectivity index (χ1) is 12.7. The van der Waals surface area contributed by atoms with Crippen molar-refractivity contribution in [3.8, 4) is 0 Å². The van der Waals surface area contributed by atoms with Crippen molar-refractivity contribution in [2.75, 3.05) is 18.9 Å². The number of hydrogen-bond donors (Lipinski definition) is 2. The molecule has 1 atom stereocenters. The average Bonchev–Trinajstić information content (AvgIpc) is 2.63. The lowest BCUT2D eigenvalue weighted by Gasteiger charge is -2.13. The van der Waals surface area contributed by atoms with Gasteiger partial charge in [0, 0.05) is 11.6 Å². The van der Waals surface area contributed by atoms with Gasteiger partial charge in [0.25, 0.3) is 5.91 Å². The molecule has 0 saturated heterocycles. The van der Waals surface area contributed by atoms with E-state index in [0.29, 0.717) is 11.6 Å². The summed E-state index contributed by atoms with van der Waals surface area (Å²) in [4.78, 5) is 35.0. The minimum Gasteiger partial charge on any atom is -0.456 e. The summed E-state index contributed by atoms with van der Waals surface area (Å²) >= 11 is 5.71. The van der Waals surface area contributed by atoms with Gasteiger partial charge >= 0.3 is 5.97 Å². The lowest BCUT2D eigenvalue weighted by Crippen LogP contribution is -2.46. The summed E-state index contributed by atoms with van der Waals surface area (Å²) in [7, 11) is -3.66. The van der Waals surface area contributed by atoms with Gasteiger partial charge in [-0.05, 0) is 37.6 Å². The molecular weight excluding hydrogens is 396 g/mol. The summed E-state index contributed by atoms with van der Waals surface area (Å²) in [6.45, 7) is 3.31. The maximum atomic E-state index is 12.1. The van der Waals surface area contributed by atoms with Crippen molar-refractivity contribution in [2.24, 2.45) is 0 Å². The summed E-state index contributed by atoms with van der Waals surface area (Å²) in [5, 5.41) is 5.41. The quantitative estimate of drug-likeness (QED) is 0.549. The fourth-order valence-corrected chi connectivity index (χ4v) is 3.29. The van der Waals surface area contributed by atoms with Crippen molar-refractivity contribution in [3.63, 3.8) is 0 Å². The van der Waals surface area contributed by atoms with E-state index in [1.807, 2.05) is 6.92 Å². The van der Waals surface area contributed by atoms with Gasteiger partial charge in [0.2, 0.25) is 5.91 Å². The molecule has 2 N–H and O–H groups in total. The van der Waals surface area contributed by atoms with E-state index in [4.69, 9.17) is 16.3 Å². The monoisotopic (exact) mass is 418 g/mol. The van der Waals surface area contributed by atoms with Crippen molar-refractivity contribution < 1.29 is 27.5 Å². The van der Waals surface area contributed by atoms with Gasteiger partial charge in [0.1, 0.15) is 6.04 Å². The van der Waals surface area contributed by atoms with Gasteiger partial charge in [-0.15, -0.1) is 0 Å². The van der Waals surface area contributed by atoms with E-state index in [2.05, 4.69) is 10.6 Å². The Morgan fingerprint density at radius 2 is 1.81 bits per heavy atom. The summed E-state index contributed by atoms with van der Waals surface area (Å²) in [5.41, 5.74) is 0. The number of halogens is 1. The fraction of sp³-hybridized carbons (Fsp3) is 0.471. The first-order valence-electron chi connectivity index (χ1n) is 8.36. The summed E-state index contributed by atoms with van der Waals surface area (Å²) in [6, 6.07) is 4.81. The molecule has 0 saturated carbocycles. The van der Waals surface area contributed by atoms with Crippen LogP contribution in [0.3, 0.4) is 0 Å². The topological polar surface area (TPSA) is 119 Å². The molecule has 1 aromatic carbocycles. The maximum absolute atomic E-state index is 12.1. The largest absolute Gasteiger partial charge is 0.456 e. The molecule has 0 heterocycles. The Balaban J connectivity index is 2.39. The van der Waals surface area contributed by atoms with Crippen LogP contribution < -0.4 is 10.6 Å². The van der Waals surface area contributed by atoms with Crippen LogP contribution in [0, 0.1) is 0 Å². The number of carbonyl (C=O) groups is 3. The molecule has 2 amide bonds. The minimum absolute atomic E-state index is 0.0457. The van der Waals surface area contributed by atoms with E-state index < -0.39 is 46.5 Å². The second-order valence-electron chi connectivity index (χ2n) is 5.76. The average molecular weight is 419 g/mol. The standard InChI is InChI=1S/C17H23ClN2O6S/c1-3-9-19-17(23)12(2)20-15(21)11-26-16(22)8-10-27(24,25)14-6-4-13(18)5-7-14/h4-7,12H,3,8-11H2,1-2H3,(H,19,23)(H,20,21)/t12-/m1/s1. The van der Waals surface area contributed by atoms with Crippen LogP contribution in [-0.4, -0.2) is 51.1 Å². The van der Waals surface area contributed by atoms with Crippen LogP contribution in [-0.2, 0) is 29.0 Å². The number of amides is 2. The number of carbonyl (C=O) groups excluding carboxylic acids is 3. The zero-order chi connectivity index (χ0) is 20.4. The number of hydrogen-bond acceptors (Lipinski definition) is 6. The van der Waals surface area contributed by atoms with Gasteiger partial charge in [-0.25, -0.2) is 8.42 Å². The van der Waals surface area contributed by atoms with E-state index in [-0.39, 0.29) is 10.8 Å². The summed E-state index contributed by atoms with van der Waals surface area (Å²) < 4.78 is 29.0. The van der Waals surface area contributed by atoms with Gasteiger partial charge in [0.15, 0.2) is 16.4 Å².